The quantitative estimate of drug-likeness (QED) is 0.0177. The zero-order valence-corrected chi connectivity index (χ0v) is 57.1. The number of rotatable bonds is 20. The summed E-state index contributed by atoms with van der Waals surface area (Å²) in [6.07, 6.45) is -42.5. The molecular formula is C61H97NaO31S. The van der Waals surface area contributed by atoms with Gasteiger partial charge in [0.05, 0.1) is 50.3 Å². The topological polar surface area (TPSA) is 477 Å². The summed E-state index contributed by atoms with van der Waals surface area (Å²) in [5.74, 6) is -0.150. The van der Waals surface area contributed by atoms with Crippen molar-refractivity contribution in [1.82, 2.24) is 0 Å². The first-order valence-corrected chi connectivity index (χ1v) is 33.8. The van der Waals surface area contributed by atoms with Crippen LogP contribution in [0.4, 0.5) is 0 Å². The summed E-state index contributed by atoms with van der Waals surface area (Å²) in [4.78, 5) is 13.1. The van der Waals surface area contributed by atoms with E-state index in [1.54, 1.807) is 6.08 Å². The van der Waals surface area contributed by atoms with Crippen molar-refractivity contribution in [3.63, 3.8) is 0 Å². The molecule has 10 aliphatic rings. The minimum Gasteiger partial charge on any atom is -0.726 e. The van der Waals surface area contributed by atoms with Gasteiger partial charge in [-0.25, -0.2) is 8.42 Å². The van der Waals surface area contributed by atoms with Gasteiger partial charge in [0, 0.05) is 6.42 Å². The van der Waals surface area contributed by atoms with Crippen LogP contribution in [0.2, 0.25) is 0 Å². The molecule has 6 saturated heterocycles. The molecule has 3 saturated carbocycles. The molecule has 0 amide bonds. The molecule has 31 nitrogen and oxygen atoms in total. The Morgan fingerprint density at radius 2 is 1.10 bits per heavy atom. The van der Waals surface area contributed by atoms with Crippen LogP contribution in [0.15, 0.2) is 23.3 Å². The normalized spacial score (nSPS) is 50.9. The molecule has 1 unspecified atom stereocenters. The van der Waals surface area contributed by atoms with Crippen molar-refractivity contribution in [2.75, 3.05) is 19.8 Å². The van der Waals surface area contributed by atoms with E-state index in [9.17, 15) is 89.3 Å². The Morgan fingerprint density at radius 3 is 1.68 bits per heavy atom. The maximum absolute atomic E-state index is 13.1. The van der Waals surface area contributed by atoms with Gasteiger partial charge in [-0.05, 0) is 119 Å². The van der Waals surface area contributed by atoms with Crippen LogP contribution in [-0.2, 0) is 76.2 Å². The first kappa shape index (κ1) is 77.1. The van der Waals surface area contributed by atoms with Crippen LogP contribution >= 0.6 is 0 Å². The van der Waals surface area contributed by atoms with E-state index in [4.69, 9.17) is 61.0 Å². The molecule has 0 bridgehead atoms. The number of allylic oxidation sites excluding steroid dienone is 4. The molecular weight excluding hydrogens is 1280 g/mol. The second-order valence-corrected chi connectivity index (χ2v) is 29.3. The summed E-state index contributed by atoms with van der Waals surface area (Å²) in [6, 6.07) is 0. The van der Waals surface area contributed by atoms with Crippen molar-refractivity contribution in [3.05, 3.63) is 23.3 Å². The molecule has 0 aromatic rings. The van der Waals surface area contributed by atoms with Crippen LogP contribution in [0.25, 0.3) is 0 Å². The summed E-state index contributed by atoms with van der Waals surface area (Å²) in [5, 5.41) is 156. The molecule has 33 heteroatoms. The van der Waals surface area contributed by atoms with Gasteiger partial charge in [-0.15, -0.1) is 0 Å². The van der Waals surface area contributed by atoms with Crippen LogP contribution in [0.1, 0.15) is 107 Å². The molecule has 0 radical (unpaired) electrons. The van der Waals surface area contributed by atoms with Gasteiger partial charge in [-0.2, -0.15) is 0 Å². The molecule has 4 aliphatic carbocycles. The van der Waals surface area contributed by atoms with E-state index in [0.29, 0.717) is 19.3 Å². The molecule has 10 rings (SSSR count). The first-order chi connectivity index (χ1) is 43.7. The number of carbonyl (C=O) groups excluding carboxylic acids is 1. The Balaban J connectivity index is 0.0000104. The summed E-state index contributed by atoms with van der Waals surface area (Å²) in [6.45, 7) is 12.2. The van der Waals surface area contributed by atoms with E-state index in [1.165, 1.54) is 26.3 Å². The van der Waals surface area contributed by atoms with Crippen molar-refractivity contribution in [2.45, 2.75) is 291 Å². The van der Waals surface area contributed by atoms with E-state index in [0.717, 1.165) is 24.8 Å². The smallest absolute Gasteiger partial charge is 0.726 e. The molecule has 94 heavy (non-hydrogen) atoms. The van der Waals surface area contributed by atoms with E-state index in [-0.39, 0.29) is 77.3 Å². The predicted octanol–water partition coefficient (Wildman–Crippen LogP) is -6.75. The van der Waals surface area contributed by atoms with Crippen molar-refractivity contribution < 1.29 is 180 Å². The summed E-state index contributed by atoms with van der Waals surface area (Å²) >= 11 is 0. The van der Waals surface area contributed by atoms with Crippen LogP contribution in [0.3, 0.4) is 0 Å². The number of aliphatic hydroxyl groups excluding tert-OH is 14. The van der Waals surface area contributed by atoms with Gasteiger partial charge in [0.1, 0.15) is 116 Å². The number of carbonyl (C=O) groups is 1. The van der Waals surface area contributed by atoms with Crippen LogP contribution in [0, 0.1) is 40.4 Å². The summed E-state index contributed by atoms with van der Waals surface area (Å²) < 4.78 is 114. The SMILES string of the molecule is C/C(=C\C(=O)CC(C)C)[C@H]1CC[C@H]2[C@@H]3C[C@H](O[C@@H]4O[C@H](C)[C@@H](O)[C@H](O[C@@H]5OC[C@@H](O[C@@H]6O[C@H](CO)[C@H](O)[C@H](O)[C@H]6O[C@@H]6O[C@H](C)[C@H](O)[C@H](OC7O[C@@H](CO)[C@H](O)[C@H]7O)[C@H]6O)[C@H](O)[C@H]5O[C@H]5O[C@@H](C)[C@H](O)[C@@H](O)[C@@H]5O)[C@H]4O)[C@H]4C[C@@H](OS(=O)(=O)[O-])CC[C@]4(C)C3=CC[C@]12C.[Na+]. The monoisotopic (exact) mass is 1380 g/mol. The molecule has 0 aromatic heterocycles. The second-order valence-electron chi connectivity index (χ2n) is 28.2. The number of hydrogen-bond donors (Lipinski definition) is 14. The minimum atomic E-state index is -5.13. The van der Waals surface area contributed by atoms with E-state index < -0.39 is 226 Å². The maximum atomic E-state index is 13.1. The molecule has 9 fully saturated rings. The number of fused-ring (bicyclic) bond motifs is 5. The van der Waals surface area contributed by atoms with Crippen LogP contribution in [0.5, 0.6) is 0 Å². The Labute approximate surface area is 567 Å². The Morgan fingerprint density at radius 1 is 0.596 bits per heavy atom. The van der Waals surface area contributed by atoms with Gasteiger partial charge in [0.15, 0.2) is 43.5 Å². The number of ether oxygens (including phenoxy) is 12. The van der Waals surface area contributed by atoms with E-state index >= 15 is 0 Å². The van der Waals surface area contributed by atoms with Gasteiger partial charge in [-0.3, -0.25) is 8.98 Å². The number of hydrogen-bond acceptors (Lipinski definition) is 31. The third-order valence-electron chi connectivity index (χ3n) is 21.7. The van der Waals surface area contributed by atoms with Crippen molar-refractivity contribution >= 4 is 16.2 Å². The average Bonchev–Trinajstić information content (AvgIpc) is 1.28. The standard InChI is InChI=1S/C61H98O31S.Na/c1-22(2)15-27(64)16-23(3)30-9-10-31-29-18-34(33-17-28(92-93(77,78)79)11-13-61(33,8)32(29)12-14-60(30,31)7)84-56-48(75)51(40(67)25(5)82-56)89-58-52(90-54-47(74)44(71)38(65)24(4)81-54)43(70)37(21-80-58)87-59-53(45(72)41(68)35(19-62)86-59)91-57-49(76)50(39(66)26(6)83-57)88-55-46(73)42(69)36(20-63)85-55;/h12,16,22,24-26,28-31,33-59,62-63,65-76H,9-11,13-15,17-21H2,1-8H3,(H,77,78,79);/q;+1/p-1/b23-16+;/t24-,25+,26+,28-,29-,30+,31-,33+,34-,35+,36-,37+,38-,39-,40+,41-,42-,43-,44+,45-,46+,47-,48+,49+,50-,51-,52+,53+,54+,55?,56-,57-,58-,59-,60+,61+;/m0./s1. The average molecular weight is 1380 g/mol. The fraction of sp³-hybridized carbons (Fsp3) is 0.918. The van der Waals surface area contributed by atoms with Crippen LogP contribution in [-0.4, -0.2) is 294 Å². The van der Waals surface area contributed by atoms with Gasteiger partial charge in [-0.1, -0.05) is 44.9 Å². The third kappa shape index (κ3) is 15.5. The largest absolute Gasteiger partial charge is 1.00 e. The molecule has 14 N–H and O–H groups in total. The first-order valence-electron chi connectivity index (χ1n) is 32.5. The number of ketones is 1. The van der Waals surface area contributed by atoms with Crippen molar-refractivity contribution in [3.8, 4) is 0 Å². The van der Waals surface area contributed by atoms with Gasteiger partial charge >= 0.3 is 29.6 Å². The third-order valence-corrected chi connectivity index (χ3v) is 22.2. The fourth-order valence-corrected chi connectivity index (χ4v) is 17.0. The zero-order chi connectivity index (χ0) is 67.8. The summed E-state index contributed by atoms with van der Waals surface area (Å²) in [5.41, 5.74) is 1.30. The summed E-state index contributed by atoms with van der Waals surface area (Å²) in [7, 11) is -5.13. The molecule has 0 aromatic carbocycles. The molecule has 534 valence electrons. The van der Waals surface area contributed by atoms with Crippen molar-refractivity contribution in [1.29, 1.82) is 0 Å². The molecule has 6 heterocycles. The Kier molecular flexibility index (Phi) is 25.4. The van der Waals surface area contributed by atoms with Crippen LogP contribution < -0.4 is 29.6 Å². The fourth-order valence-electron chi connectivity index (χ4n) is 16.5. The minimum absolute atomic E-state index is 0. The maximum Gasteiger partial charge on any atom is 1.00 e. The predicted molar refractivity (Wildman–Crippen MR) is 309 cm³/mol. The van der Waals surface area contributed by atoms with Gasteiger partial charge in [0.25, 0.3) is 0 Å². The van der Waals surface area contributed by atoms with Gasteiger partial charge in [0.2, 0.25) is 10.4 Å². The van der Waals surface area contributed by atoms with Crippen molar-refractivity contribution in [2.24, 2.45) is 40.4 Å². The molecule has 36 atom stereocenters. The van der Waals surface area contributed by atoms with Gasteiger partial charge < -0.3 is 133 Å². The number of aliphatic hydroxyl groups is 14. The Hall–Kier alpha value is -1.02. The van der Waals surface area contributed by atoms with E-state index in [1.807, 2.05) is 20.8 Å². The second kappa shape index (κ2) is 30.9. The van der Waals surface area contributed by atoms with E-state index in [2.05, 4.69) is 19.9 Å². The Bertz CT molecular complexity index is 2720. The molecule has 6 aliphatic heterocycles. The zero-order valence-electron chi connectivity index (χ0n) is 54.2. The molecule has 0 spiro atoms.